The summed E-state index contributed by atoms with van der Waals surface area (Å²) in [5, 5.41) is 0. The van der Waals surface area contributed by atoms with Crippen molar-refractivity contribution in [3.8, 4) is 0 Å². The zero-order valence-corrected chi connectivity index (χ0v) is 9.74. The molecule has 0 saturated carbocycles. The van der Waals surface area contributed by atoms with Crippen molar-refractivity contribution >= 4 is 5.97 Å². The molecule has 1 heterocycles. The van der Waals surface area contributed by atoms with E-state index in [9.17, 15) is 4.79 Å². The van der Waals surface area contributed by atoms with Gasteiger partial charge in [-0.3, -0.25) is 9.69 Å². The van der Waals surface area contributed by atoms with Crippen LogP contribution in [0.3, 0.4) is 0 Å². The number of ether oxygens (including phenoxy) is 1. The molecule has 1 saturated heterocycles. The maximum Gasteiger partial charge on any atom is 0.320 e. The smallest absolute Gasteiger partial charge is 0.320 e. The van der Waals surface area contributed by atoms with E-state index in [1.165, 1.54) is 6.42 Å². The number of likely N-dealkylation sites (tertiary alicyclic amines) is 1. The van der Waals surface area contributed by atoms with E-state index in [2.05, 4.69) is 4.90 Å². The summed E-state index contributed by atoms with van der Waals surface area (Å²) in [6.45, 7) is 5.64. The summed E-state index contributed by atoms with van der Waals surface area (Å²) in [5.74, 6) is -0.134. The Labute approximate surface area is 91.8 Å². The first-order valence-corrected chi connectivity index (χ1v) is 5.80. The molecule has 4 nitrogen and oxygen atoms in total. The molecule has 4 heteroatoms. The summed E-state index contributed by atoms with van der Waals surface area (Å²) in [6, 6.07) is 0.461. The van der Waals surface area contributed by atoms with E-state index >= 15 is 0 Å². The minimum Gasteiger partial charge on any atom is -0.465 e. The van der Waals surface area contributed by atoms with E-state index < -0.39 is 0 Å². The van der Waals surface area contributed by atoms with Gasteiger partial charge in [0.05, 0.1) is 13.2 Å². The number of hydrogen-bond acceptors (Lipinski definition) is 4. The molecular weight excluding hydrogens is 192 g/mol. The van der Waals surface area contributed by atoms with E-state index in [0.717, 1.165) is 19.4 Å². The standard InChI is InChI=1S/C11H22N2O2/c1-3-15-11(14)8-13-7-5-4-6-10(13)9(2)12/h9-10H,3-8,12H2,1-2H3. The first kappa shape index (κ1) is 12.5. The highest BCUT2D eigenvalue weighted by Crippen LogP contribution is 2.18. The van der Waals surface area contributed by atoms with Gasteiger partial charge in [-0.15, -0.1) is 0 Å². The van der Waals surface area contributed by atoms with Crippen LogP contribution in [-0.4, -0.2) is 42.6 Å². The molecule has 0 amide bonds. The van der Waals surface area contributed by atoms with E-state index in [-0.39, 0.29) is 12.0 Å². The number of carbonyl (C=O) groups is 1. The van der Waals surface area contributed by atoms with Gasteiger partial charge in [-0.25, -0.2) is 0 Å². The predicted molar refractivity (Wildman–Crippen MR) is 59.5 cm³/mol. The molecule has 1 aliphatic rings. The Hall–Kier alpha value is -0.610. The number of piperidine rings is 1. The van der Waals surface area contributed by atoms with Crippen LogP contribution in [0.15, 0.2) is 0 Å². The van der Waals surface area contributed by atoms with Gasteiger partial charge >= 0.3 is 5.97 Å². The molecule has 0 aliphatic carbocycles. The highest BCUT2D eigenvalue weighted by atomic mass is 16.5. The second-order valence-corrected chi connectivity index (χ2v) is 4.20. The SMILES string of the molecule is CCOC(=O)CN1CCCCC1C(C)N. The maximum atomic E-state index is 11.4. The van der Waals surface area contributed by atoms with E-state index in [1.54, 1.807) is 0 Å². The Balaban J connectivity index is 2.45. The van der Waals surface area contributed by atoms with Gasteiger partial charge in [0, 0.05) is 12.1 Å². The van der Waals surface area contributed by atoms with Crippen molar-refractivity contribution in [3.05, 3.63) is 0 Å². The van der Waals surface area contributed by atoms with Gasteiger partial charge in [-0.1, -0.05) is 6.42 Å². The largest absolute Gasteiger partial charge is 0.465 e. The number of carbonyl (C=O) groups excluding carboxylic acids is 1. The Morgan fingerprint density at radius 3 is 2.93 bits per heavy atom. The van der Waals surface area contributed by atoms with Crippen LogP contribution in [0.25, 0.3) is 0 Å². The van der Waals surface area contributed by atoms with Crippen LogP contribution in [0.2, 0.25) is 0 Å². The van der Waals surface area contributed by atoms with Crippen LogP contribution in [-0.2, 0) is 9.53 Å². The number of nitrogens with zero attached hydrogens (tertiary/aromatic N) is 1. The number of rotatable bonds is 4. The molecule has 1 aliphatic heterocycles. The third kappa shape index (κ3) is 3.80. The topological polar surface area (TPSA) is 55.6 Å². The van der Waals surface area contributed by atoms with Gasteiger partial charge in [0.2, 0.25) is 0 Å². The number of hydrogen-bond donors (Lipinski definition) is 1. The molecule has 0 aromatic carbocycles. The summed E-state index contributed by atoms with van der Waals surface area (Å²) in [6.07, 6.45) is 3.46. The summed E-state index contributed by atoms with van der Waals surface area (Å²) >= 11 is 0. The Morgan fingerprint density at radius 2 is 2.33 bits per heavy atom. The van der Waals surface area contributed by atoms with Crippen LogP contribution in [0.5, 0.6) is 0 Å². The lowest BCUT2D eigenvalue weighted by molar-refractivity contribution is -0.145. The lowest BCUT2D eigenvalue weighted by Gasteiger charge is -2.37. The van der Waals surface area contributed by atoms with Crippen molar-refractivity contribution in [2.75, 3.05) is 19.7 Å². The van der Waals surface area contributed by atoms with E-state index in [1.807, 2.05) is 13.8 Å². The first-order chi connectivity index (χ1) is 7.15. The average Bonchev–Trinajstić information content (AvgIpc) is 2.18. The van der Waals surface area contributed by atoms with Crippen molar-refractivity contribution in [2.45, 2.75) is 45.2 Å². The fourth-order valence-electron chi connectivity index (χ4n) is 2.18. The lowest BCUT2D eigenvalue weighted by Crippen LogP contribution is -2.50. The van der Waals surface area contributed by atoms with Crippen molar-refractivity contribution in [3.63, 3.8) is 0 Å². The molecule has 0 bridgehead atoms. The Morgan fingerprint density at radius 1 is 1.60 bits per heavy atom. The Bertz CT molecular complexity index is 207. The van der Waals surface area contributed by atoms with Crippen LogP contribution in [0, 0.1) is 0 Å². The molecule has 88 valence electrons. The minimum absolute atomic E-state index is 0.125. The zero-order chi connectivity index (χ0) is 11.3. The van der Waals surface area contributed by atoms with Gasteiger partial charge < -0.3 is 10.5 Å². The first-order valence-electron chi connectivity index (χ1n) is 5.80. The monoisotopic (exact) mass is 214 g/mol. The summed E-state index contributed by atoms with van der Waals surface area (Å²) in [5.41, 5.74) is 5.91. The lowest BCUT2D eigenvalue weighted by atomic mass is 9.97. The van der Waals surface area contributed by atoms with Crippen LogP contribution >= 0.6 is 0 Å². The molecular formula is C11H22N2O2. The summed E-state index contributed by atoms with van der Waals surface area (Å²) in [7, 11) is 0. The van der Waals surface area contributed by atoms with Crippen molar-refractivity contribution in [1.29, 1.82) is 0 Å². The zero-order valence-electron chi connectivity index (χ0n) is 9.74. The van der Waals surface area contributed by atoms with Gasteiger partial charge in [0.25, 0.3) is 0 Å². The molecule has 1 fully saturated rings. The van der Waals surface area contributed by atoms with Crippen LogP contribution in [0.4, 0.5) is 0 Å². The van der Waals surface area contributed by atoms with Crippen molar-refractivity contribution in [2.24, 2.45) is 5.73 Å². The normalized spacial score (nSPS) is 24.9. The second-order valence-electron chi connectivity index (χ2n) is 4.20. The fourth-order valence-corrected chi connectivity index (χ4v) is 2.18. The maximum absolute atomic E-state index is 11.4. The fraction of sp³-hybridized carbons (Fsp3) is 0.909. The van der Waals surface area contributed by atoms with Gasteiger partial charge in [-0.2, -0.15) is 0 Å². The molecule has 2 atom stereocenters. The predicted octanol–water partition coefficient (Wildman–Crippen LogP) is 0.751. The molecule has 0 radical (unpaired) electrons. The molecule has 2 unspecified atom stereocenters. The molecule has 1 rings (SSSR count). The Kier molecular flexibility index (Phi) is 5.05. The van der Waals surface area contributed by atoms with Gasteiger partial charge in [0.15, 0.2) is 0 Å². The second kappa shape index (κ2) is 6.08. The molecule has 15 heavy (non-hydrogen) atoms. The number of nitrogens with two attached hydrogens (primary N) is 1. The minimum atomic E-state index is -0.134. The van der Waals surface area contributed by atoms with Crippen LogP contribution < -0.4 is 5.73 Å². The molecule has 0 aromatic rings. The van der Waals surface area contributed by atoms with E-state index in [4.69, 9.17) is 10.5 Å². The molecule has 2 N–H and O–H groups in total. The van der Waals surface area contributed by atoms with Gasteiger partial charge in [-0.05, 0) is 33.2 Å². The quantitative estimate of drug-likeness (QED) is 0.702. The summed E-state index contributed by atoms with van der Waals surface area (Å²) in [4.78, 5) is 13.5. The van der Waals surface area contributed by atoms with Crippen molar-refractivity contribution < 1.29 is 9.53 Å². The third-order valence-corrected chi connectivity index (χ3v) is 2.91. The average molecular weight is 214 g/mol. The van der Waals surface area contributed by atoms with Crippen LogP contribution in [0.1, 0.15) is 33.1 Å². The molecule has 0 spiro atoms. The third-order valence-electron chi connectivity index (χ3n) is 2.91. The van der Waals surface area contributed by atoms with E-state index in [0.29, 0.717) is 19.2 Å². The highest BCUT2D eigenvalue weighted by molar-refractivity contribution is 5.71. The van der Waals surface area contributed by atoms with Gasteiger partial charge in [0.1, 0.15) is 0 Å². The highest BCUT2D eigenvalue weighted by Gasteiger charge is 2.26. The summed E-state index contributed by atoms with van der Waals surface area (Å²) < 4.78 is 4.95. The van der Waals surface area contributed by atoms with Crippen molar-refractivity contribution in [1.82, 2.24) is 4.90 Å². The molecule has 0 aromatic heterocycles. The number of esters is 1.